The van der Waals surface area contributed by atoms with Gasteiger partial charge in [-0.25, -0.2) is 0 Å². The third-order valence-corrected chi connectivity index (χ3v) is 3.07. The highest BCUT2D eigenvalue weighted by Gasteiger charge is 2.19. The number of aryl methyl sites for hydroxylation is 1. The van der Waals surface area contributed by atoms with E-state index in [2.05, 4.69) is 4.98 Å². The molecule has 2 rings (SSSR count). The predicted octanol–water partition coefficient (Wildman–Crippen LogP) is 4.15. The maximum atomic E-state index is 12.0. The summed E-state index contributed by atoms with van der Waals surface area (Å²) in [7, 11) is 1.63. The van der Waals surface area contributed by atoms with Crippen LogP contribution in [0.25, 0.3) is 10.9 Å². The minimum Gasteiger partial charge on any atom is -0.497 e. The molecule has 0 aliphatic carbocycles. The molecule has 1 aromatic heterocycles. The highest BCUT2D eigenvalue weighted by atomic mass is 16.6. The zero-order valence-electron chi connectivity index (χ0n) is 16.6. The number of benzene rings is 1. The maximum Gasteiger partial charge on any atom is 0.310 e. The van der Waals surface area contributed by atoms with Gasteiger partial charge in [0.25, 0.3) is 0 Å². The van der Waals surface area contributed by atoms with Crippen LogP contribution in [0, 0.1) is 6.92 Å². The van der Waals surface area contributed by atoms with Crippen molar-refractivity contribution in [2.45, 2.75) is 66.1 Å². The van der Waals surface area contributed by atoms with Crippen molar-refractivity contribution in [3.05, 3.63) is 29.5 Å². The van der Waals surface area contributed by atoms with E-state index >= 15 is 0 Å². The number of fused-ring (bicyclic) bond motifs is 1. The summed E-state index contributed by atoms with van der Waals surface area (Å²) < 4.78 is 10.6. The van der Waals surface area contributed by atoms with Crippen LogP contribution in [-0.2, 0) is 16.0 Å². The molecule has 140 valence electrons. The van der Waals surface area contributed by atoms with Crippen LogP contribution in [0.15, 0.2) is 18.2 Å². The van der Waals surface area contributed by atoms with Gasteiger partial charge in [0.2, 0.25) is 0 Å². The molecule has 0 aliphatic heterocycles. The number of aliphatic hydroxyl groups is 1. The highest BCUT2D eigenvalue weighted by molar-refractivity contribution is 5.89. The Balaban J connectivity index is 0.000000550. The Morgan fingerprint density at radius 2 is 1.72 bits per heavy atom. The van der Waals surface area contributed by atoms with Crippen LogP contribution in [0.3, 0.4) is 0 Å². The molecule has 0 fully saturated rings. The Morgan fingerprint density at radius 3 is 2.20 bits per heavy atom. The average molecular weight is 349 g/mol. The van der Waals surface area contributed by atoms with Gasteiger partial charge in [-0.05, 0) is 72.2 Å². The first-order valence-corrected chi connectivity index (χ1v) is 8.39. The molecule has 0 aliphatic rings. The summed E-state index contributed by atoms with van der Waals surface area (Å²) in [5.74, 6) is 0.561. The van der Waals surface area contributed by atoms with E-state index in [-0.39, 0.29) is 12.4 Å². The second-order valence-electron chi connectivity index (χ2n) is 8.07. The number of aromatic amines is 1. The van der Waals surface area contributed by atoms with Crippen molar-refractivity contribution >= 4 is 16.9 Å². The van der Waals surface area contributed by atoms with Gasteiger partial charge in [-0.1, -0.05) is 0 Å². The fourth-order valence-corrected chi connectivity index (χ4v) is 2.24. The molecule has 0 unspecified atom stereocenters. The zero-order chi connectivity index (χ0) is 19.4. The first-order valence-electron chi connectivity index (χ1n) is 8.39. The van der Waals surface area contributed by atoms with Gasteiger partial charge >= 0.3 is 5.97 Å². The number of carbonyl (C=O) groups excluding carboxylic acids is 1. The molecule has 5 heteroatoms. The lowest BCUT2D eigenvalue weighted by Crippen LogP contribution is -2.25. The fraction of sp³-hybridized carbons (Fsp3) is 0.550. The van der Waals surface area contributed by atoms with E-state index in [0.717, 1.165) is 27.9 Å². The van der Waals surface area contributed by atoms with Crippen LogP contribution in [-0.4, -0.2) is 34.4 Å². The van der Waals surface area contributed by atoms with Crippen LogP contribution < -0.4 is 4.74 Å². The molecule has 0 saturated heterocycles. The van der Waals surface area contributed by atoms with Gasteiger partial charge in [0.15, 0.2) is 0 Å². The zero-order valence-corrected chi connectivity index (χ0v) is 16.6. The molecule has 0 bridgehead atoms. The molecule has 0 saturated carbocycles. The van der Waals surface area contributed by atoms with Gasteiger partial charge in [-0.15, -0.1) is 0 Å². The molecular weight excluding hydrogens is 318 g/mol. The second-order valence-corrected chi connectivity index (χ2v) is 8.07. The Kier molecular flexibility index (Phi) is 6.66. The maximum absolute atomic E-state index is 12.0. The van der Waals surface area contributed by atoms with Crippen LogP contribution in [0.1, 0.15) is 52.8 Å². The molecule has 0 amide bonds. The van der Waals surface area contributed by atoms with Crippen molar-refractivity contribution < 1.29 is 19.4 Å². The average Bonchev–Trinajstić information content (AvgIpc) is 2.70. The molecule has 0 atom stereocenters. The van der Waals surface area contributed by atoms with Crippen LogP contribution in [0.4, 0.5) is 0 Å². The van der Waals surface area contributed by atoms with Crippen molar-refractivity contribution in [1.82, 2.24) is 4.98 Å². The van der Waals surface area contributed by atoms with E-state index in [9.17, 15) is 4.79 Å². The number of carbonyl (C=O) groups is 1. The first kappa shape index (κ1) is 21.0. The summed E-state index contributed by atoms with van der Waals surface area (Å²) in [6.07, 6.45) is 0.260. The topological polar surface area (TPSA) is 71.5 Å². The highest BCUT2D eigenvalue weighted by Crippen LogP contribution is 2.27. The molecule has 1 heterocycles. The summed E-state index contributed by atoms with van der Waals surface area (Å²) >= 11 is 0. The Bertz CT molecular complexity index is 712. The molecule has 5 nitrogen and oxygen atoms in total. The first-order chi connectivity index (χ1) is 11.3. The van der Waals surface area contributed by atoms with Crippen molar-refractivity contribution in [2.24, 2.45) is 0 Å². The van der Waals surface area contributed by atoms with Crippen LogP contribution in [0.2, 0.25) is 0 Å². The number of methoxy groups -OCH3 is 1. The van der Waals surface area contributed by atoms with Crippen molar-refractivity contribution in [1.29, 1.82) is 0 Å². The number of H-pyrrole nitrogens is 1. The SMILES string of the molecule is CC(C)(C)O.COc1ccc2[nH]c(C)c(CC(=O)OC(C)(C)C)c2c1. The molecule has 0 spiro atoms. The van der Waals surface area contributed by atoms with Gasteiger partial charge in [0, 0.05) is 16.6 Å². The molecular formula is C20H31NO4. The monoisotopic (exact) mass is 349 g/mol. The summed E-state index contributed by atoms with van der Waals surface area (Å²) in [5.41, 5.74) is 1.99. The van der Waals surface area contributed by atoms with E-state index in [0.29, 0.717) is 0 Å². The van der Waals surface area contributed by atoms with Crippen molar-refractivity contribution in [2.75, 3.05) is 7.11 Å². The molecule has 2 N–H and O–H groups in total. The third kappa shape index (κ3) is 7.61. The van der Waals surface area contributed by atoms with Crippen LogP contribution >= 0.6 is 0 Å². The number of hydrogen-bond donors (Lipinski definition) is 2. The van der Waals surface area contributed by atoms with Gasteiger partial charge in [-0.2, -0.15) is 0 Å². The Labute approximate surface area is 150 Å². The number of nitrogens with one attached hydrogen (secondary N) is 1. The van der Waals surface area contributed by atoms with E-state index in [1.165, 1.54) is 0 Å². The smallest absolute Gasteiger partial charge is 0.310 e. The lowest BCUT2D eigenvalue weighted by atomic mass is 10.1. The molecule has 2 aromatic rings. The Hall–Kier alpha value is -2.01. The number of hydrogen-bond acceptors (Lipinski definition) is 4. The van der Waals surface area contributed by atoms with Gasteiger partial charge in [-0.3, -0.25) is 4.79 Å². The van der Waals surface area contributed by atoms with Gasteiger partial charge in [0.1, 0.15) is 11.4 Å². The van der Waals surface area contributed by atoms with E-state index < -0.39 is 11.2 Å². The number of ether oxygens (including phenoxy) is 2. The number of aromatic nitrogens is 1. The summed E-state index contributed by atoms with van der Waals surface area (Å²) in [4.78, 5) is 15.3. The standard InChI is InChI=1S/C16H21NO3.C4H10O/c1-10-12(9-15(18)20-16(2,3)4)13-8-11(19-5)6-7-14(13)17-10;1-4(2,3)5/h6-8,17H,9H2,1-5H3;5H,1-3H3. The fourth-order valence-electron chi connectivity index (χ4n) is 2.24. The summed E-state index contributed by atoms with van der Waals surface area (Å²) in [6.45, 7) is 12.8. The van der Waals surface area contributed by atoms with Gasteiger partial charge in [0.05, 0.1) is 19.1 Å². The minimum atomic E-state index is -0.500. The normalized spacial score (nSPS) is 11.7. The largest absolute Gasteiger partial charge is 0.497 e. The van der Waals surface area contributed by atoms with Crippen molar-refractivity contribution in [3.63, 3.8) is 0 Å². The third-order valence-electron chi connectivity index (χ3n) is 3.07. The van der Waals surface area contributed by atoms with Crippen LogP contribution in [0.5, 0.6) is 5.75 Å². The summed E-state index contributed by atoms with van der Waals surface area (Å²) in [6, 6.07) is 5.80. The summed E-state index contributed by atoms with van der Waals surface area (Å²) in [5, 5.41) is 9.53. The quantitative estimate of drug-likeness (QED) is 0.817. The lowest BCUT2D eigenvalue weighted by molar-refractivity contribution is -0.153. The predicted molar refractivity (Wildman–Crippen MR) is 101 cm³/mol. The Morgan fingerprint density at radius 1 is 1.16 bits per heavy atom. The molecule has 0 radical (unpaired) electrons. The van der Waals surface area contributed by atoms with E-state index in [4.69, 9.17) is 14.6 Å². The van der Waals surface area contributed by atoms with Gasteiger partial charge < -0.3 is 19.6 Å². The lowest BCUT2D eigenvalue weighted by Gasteiger charge is -2.19. The number of esters is 1. The second kappa shape index (κ2) is 7.91. The minimum absolute atomic E-state index is 0.218. The number of rotatable bonds is 3. The molecule has 25 heavy (non-hydrogen) atoms. The molecule has 1 aromatic carbocycles. The van der Waals surface area contributed by atoms with Crippen molar-refractivity contribution in [3.8, 4) is 5.75 Å². The van der Waals surface area contributed by atoms with E-state index in [1.54, 1.807) is 27.9 Å². The van der Waals surface area contributed by atoms with E-state index in [1.807, 2.05) is 45.9 Å².